The summed E-state index contributed by atoms with van der Waals surface area (Å²) >= 11 is 0. The Morgan fingerprint density at radius 3 is 2.00 bits per heavy atom. The van der Waals surface area contributed by atoms with Crippen LogP contribution in [0.4, 0.5) is 11.4 Å². The Labute approximate surface area is 221 Å². The highest BCUT2D eigenvalue weighted by Gasteiger charge is 2.20. The van der Waals surface area contributed by atoms with Crippen molar-refractivity contribution in [1.82, 2.24) is 0 Å². The van der Waals surface area contributed by atoms with Crippen LogP contribution < -0.4 is 5.32 Å². The molecule has 0 aromatic heterocycles. The van der Waals surface area contributed by atoms with Crippen molar-refractivity contribution in [3.05, 3.63) is 133 Å². The van der Waals surface area contributed by atoms with Gasteiger partial charge in [0.05, 0.1) is 5.69 Å². The van der Waals surface area contributed by atoms with E-state index < -0.39 is 0 Å². The van der Waals surface area contributed by atoms with Gasteiger partial charge in [0.1, 0.15) is 0 Å². The number of hydrogen-bond donors (Lipinski definition) is 1. The van der Waals surface area contributed by atoms with Gasteiger partial charge in [-0.05, 0) is 85.2 Å². The number of rotatable bonds is 3. The Morgan fingerprint density at radius 1 is 0.447 bits per heavy atom. The Morgan fingerprint density at radius 2 is 1.13 bits per heavy atom. The van der Waals surface area contributed by atoms with E-state index >= 15 is 0 Å². The Hall–Kier alpha value is -4.88. The molecule has 0 radical (unpaired) electrons. The summed E-state index contributed by atoms with van der Waals surface area (Å²) in [4.78, 5) is 0. The second-order valence-electron chi connectivity index (χ2n) is 10.3. The van der Waals surface area contributed by atoms with E-state index in [1.807, 2.05) is 0 Å². The molecule has 8 aromatic rings. The van der Waals surface area contributed by atoms with Gasteiger partial charge in [0, 0.05) is 16.6 Å². The normalized spacial score (nSPS) is 11.8. The molecule has 0 aliphatic carbocycles. The highest BCUT2D eigenvalue weighted by atomic mass is 14.9. The van der Waals surface area contributed by atoms with Crippen molar-refractivity contribution < 1.29 is 0 Å². The largest absolute Gasteiger partial charge is 0.355 e. The summed E-state index contributed by atoms with van der Waals surface area (Å²) in [5.41, 5.74) is 5.93. The van der Waals surface area contributed by atoms with Crippen LogP contribution in [0.5, 0.6) is 0 Å². The van der Waals surface area contributed by atoms with Crippen molar-refractivity contribution in [2.45, 2.75) is 6.92 Å². The lowest BCUT2D eigenvalue weighted by Gasteiger charge is -2.21. The SMILES string of the molecule is Cc1ccc(Nc2c(-c3ccccc3)cc3c4cccc5cc6ccccc6c(c6cccc2c36)c54)cc1. The first-order valence-electron chi connectivity index (χ1n) is 13.2. The summed E-state index contributed by atoms with van der Waals surface area (Å²) in [7, 11) is 0. The number of anilines is 2. The predicted octanol–water partition coefficient (Wildman–Crippen LogP) is 10.6. The lowest BCUT2D eigenvalue weighted by Crippen LogP contribution is -1.97. The van der Waals surface area contributed by atoms with Gasteiger partial charge in [-0.2, -0.15) is 0 Å². The first-order chi connectivity index (χ1) is 18.8. The molecule has 0 bridgehead atoms. The molecule has 0 aliphatic rings. The zero-order valence-corrected chi connectivity index (χ0v) is 21.1. The highest BCUT2D eigenvalue weighted by Crippen LogP contribution is 2.48. The first-order valence-corrected chi connectivity index (χ1v) is 13.2. The van der Waals surface area contributed by atoms with E-state index in [0.717, 1.165) is 11.4 Å². The van der Waals surface area contributed by atoms with Gasteiger partial charge in [0.2, 0.25) is 0 Å². The smallest absolute Gasteiger partial charge is 0.0544 e. The topological polar surface area (TPSA) is 12.0 Å². The molecule has 0 spiro atoms. The van der Waals surface area contributed by atoms with Gasteiger partial charge in [-0.15, -0.1) is 0 Å². The maximum atomic E-state index is 3.83. The molecule has 8 rings (SSSR count). The maximum absolute atomic E-state index is 3.83. The molecule has 0 amide bonds. The Bertz CT molecular complexity index is 2140. The molecule has 8 aromatic carbocycles. The third-order valence-electron chi connectivity index (χ3n) is 8.01. The zero-order chi connectivity index (χ0) is 25.2. The van der Waals surface area contributed by atoms with E-state index in [-0.39, 0.29) is 0 Å². The number of benzene rings is 8. The van der Waals surface area contributed by atoms with Crippen LogP contribution in [-0.2, 0) is 0 Å². The Kier molecular flexibility index (Phi) is 4.50. The van der Waals surface area contributed by atoms with Crippen LogP contribution in [0.15, 0.2) is 127 Å². The fraction of sp³-hybridized carbons (Fsp3) is 0.0270. The Balaban J connectivity index is 1.59. The molecular formula is C37H25N. The molecule has 0 unspecified atom stereocenters. The molecule has 0 saturated heterocycles. The van der Waals surface area contributed by atoms with Crippen LogP contribution in [0, 0.1) is 6.92 Å². The molecule has 0 saturated carbocycles. The second-order valence-corrected chi connectivity index (χ2v) is 10.3. The van der Waals surface area contributed by atoms with Crippen LogP contribution in [0.2, 0.25) is 0 Å². The second kappa shape index (κ2) is 8.06. The van der Waals surface area contributed by atoms with E-state index in [4.69, 9.17) is 0 Å². The van der Waals surface area contributed by atoms with Crippen LogP contribution in [0.1, 0.15) is 5.56 Å². The molecule has 178 valence electrons. The summed E-state index contributed by atoms with van der Waals surface area (Å²) in [5.74, 6) is 0. The van der Waals surface area contributed by atoms with Gasteiger partial charge < -0.3 is 5.32 Å². The molecular weight excluding hydrogens is 458 g/mol. The quantitative estimate of drug-likeness (QED) is 0.195. The lowest BCUT2D eigenvalue weighted by atomic mass is 9.85. The van der Waals surface area contributed by atoms with Crippen LogP contribution in [0.3, 0.4) is 0 Å². The van der Waals surface area contributed by atoms with Gasteiger partial charge in [-0.1, -0.05) is 109 Å². The van der Waals surface area contributed by atoms with Gasteiger partial charge in [0.15, 0.2) is 0 Å². The van der Waals surface area contributed by atoms with Gasteiger partial charge in [-0.3, -0.25) is 0 Å². The average Bonchev–Trinajstić information content (AvgIpc) is 2.97. The molecule has 0 fully saturated rings. The fourth-order valence-corrected chi connectivity index (χ4v) is 6.29. The third kappa shape index (κ3) is 3.06. The molecule has 0 atom stereocenters. The van der Waals surface area contributed by atoms with Gasteiger partial charge in [-0.25, -0.2) is 0 Å². The van der Waals surface area contributed by atoms with Crippen LogP contribution >= 0.6 is 0 Å². The van der Waals surface area contributed by atoms with Crippen molar-refractivity contribution >= 4 is 65.2 Å². The van der Waals surface area contributed by atoms with Crippen molar-refractivity contribution in [3.63, 3.8) is 0 Å². The molecule has 1 nitrogen and oxygen atoms in total. The average molecular weight is 484 g/mol. The van der Waals surface area contributed by atoms with Crippen molar-refractivity contribution in [3.8, 4) is 11.1 Å². The molecule has 38 heavy (non-hydrogen) atoms. The summed E-state index contributed by atoms with van der Waals surface area (Å²) in [6.07, 6.45) is 0. The maximum Gasteiger partial charge on any atom is 0.0544 e. The van der Waals surface area contributed by atoms with Crippen molar-refractivity contribution in [2.75, 3.05) is 5.32 Å². The van der Waals surface area contributed by atoms with E-state index in [9.17, 15) is 0 Å². The first kappa shape index (κ1) is 21.2. The number of fused-ring (bicyclic) bond motifs is 4. The molecule has 0 heterocycles. The summed E-state index contributed by atoms with van der Waals surface area (Å²) in [5, 5.41) is 16.9. The standard InChI is InChI=1S/C37H25N/c1-23-17-19-27(20-18-23)38-37-31-16-8-15-30-35(31)33(22-32(37)24-9-3-2-4-10-24)29-14-7-12-26-21-25-11-5-6-13-28(25)36(30)34(26)29/h2-22,38H,1H3. The van der Waals surface area contributed by atoms with E-state index in [1.54, 1.807) is 0 Å². The minimum atomic E-state index is 1.09. The summed E-state index contributed by atoms with van der Waals surface area (Å²) in [6.45, 7) is 2.13. The summed E-state index contributed by atoms with van der Waals surface area (Å²) < 4.78 is 0. The van der Waals surface area contributed by atoms with Gasteiger partial charge >= 0.3 is 0 Å². The monoisotopic (exact) mass is 483 g/mol. The number of aryl methyl sites for hydroxylation is 1. The van der Waals surface area contributed by atoms with Crippen molar-refractivity contribution in [1.29, 1.82) is 0 Å². The van der Waals surface area contributed by atoms with Crippen LogP contribution in [-0.4, -0.2) is 0 Å². The third-order valence-corrected chi connectivity index (χ3v) is 8.01. The van der Waals surface area contributed by atoms with E-state index in [2.05, 4.69) is 140 Å². The molecule has 1 heteroatoms. The highest BCUT2D eigenvalue weighted by molar-refractivity contribution is 6.39. The van der Waals surface area contributed by atoms with Crippen LogP contribution in [0.25, 0.3) is 65.0 Å². The van der Waals surface area contributed by atoms with Gasteiger partial charge in [0.25, 0.3) is 0 Å². The predicted molar refractivity (Wildman–Crippen MR) is 165 cm³/mol. The summed E-state index contributed by atoms with van der Waals surface area (Å²) in [6, 6.07) is 46.5. The zero-order valence-electron chi connectivity index (χ0n) is 21.1. The minimum absolute atomic E-state index is 1.09. The fourth-order valence-electron chi connectivity index (χ4n) is 6.29. The molecule has 1 N–H and O–H groups in total. The number of hydrogen-bond acceptors (Lipinski definition) is 1. The number of nitrogens with one attached hydrogen (secondary N) is 1. The van der Waals surface area contributed by atoms with E-state index in [1.165, 1.54) is 70.6 Å². The van der Waals surface area contributed by atoms with E-state index in [0.29, 0.717) is 0 Å². The minimum Gasteiger partial charge on any atom is -0.355 e. The lowest BCUT2D eigenvalue weighted by molar-refractivity contribution is 1.46. The molecule has 0 aliphatic heterocycles. The van der Waals surface area contributed by atoms with Crippen molar-refractivity contribution in [2.24, 2.45) is 0 Å².